The van der Waals surface area contributed by atoms with Gasteiger partial charge >= 0.3 is 5.97 Å². The molecule has 0 saturated carbocycles. The molecule has 0 spiro atoms. The molecule has 0 aromatic carbocycles. The van der Waals surface area contributed by atoms with Gasteiger partial charge in [-0.15, -0.1) is 0 Å². The van der Waals surface area contributed by atoms with Gasteiger partial charge in [0.25, 0.3) is 0 Å². The molecule has 7 heteroatoms. The second-order valence-corrected chi connectivity index (χ2v) is 6.09. The lowest BCUT2D eigenvalue weighted by molar-refractivity contribution is -0.128. The number of furan rings is 1. The van der Waals surface area contributed by atoms with Gasteiger partial charge in [-0.2, -0.15) is 0 Å². The highest BCUT2D eigenvalue weighted by Crippen LogP contribution is 2.14. The molecular formula is C13H17NO5S. The Morgan fingerprint density at radius 3 is 2.40 bits per heavy atom. The quantitative estimate of drug-likeness (QED) is 0.910. The van der Waals surface area contributed by atoms with Gasteiger partial charge in [0, 0.05) is 13.1 Å². The van der Waals surface area contributed by atoms with Crippen molar-refractivity contribution in [3.05, 3.63) is 17.9 Å². The molecule has 1 N–H and O–H groups in total. The van der Waals surface area contributed by atoms with Gasteiger partial charge in [-0.3, -0.25) is 9.00 Å². The monoisotopic (exact) mass is 299 g/mol. The molecule has 0 aliphatic carbocycles. The number of carbonyl (C=O) groups is 2. The van der Waals surface area contributed by atoms with E-state index in [2.05, 4.69) is 0 Å². The summed E-state index contributed by atoms with van der Waals surface area (Å²) >= 11 is 0. The van der Waals surface area contributed by atoms with Crippen molar-refractivity contribution in [2.75, 3.05) is 18.8 Å². The van der Waals surface area contributed by atoms with Crippen molar-refractivity contribution >= 4 is 22.7 Å². The summed E-state index contributed by atoms with van der Waals surface area (Å²) in [6.07, 6.45) is 4.19. The molecule has 1 unspecified atom stereocenters. The molecule has 1 aliphatic heterocycles. The van der Waals surface area contributed by atoms with E-state index in [1.54, 1.807) is 4.90 Å². The third kappa shape index (κ3) is 3.69. The molecule has 0 radical (unpaired) electrons. The van der Waals surface area contributed by atoms with E-state index in [-0.39, 0.29) is 22.5 Å². The first-order valence-corrected chi connectivity index (χ1v) is 7.89. The average molecular weight is 299 g/mol. The molecule has 20 heavy (non-hydrogen) atoms. The Morgan fingerprint density at radius 1 is 1.20 bits per heavy atom. The van der Waals surface area contributed by atoms with Crippen LogP contribution in [-0.4, -0.2) is 44.9 Å². The zero-order chi connectivity index (χ0) is 14.5. The Morgan fingerprint density at radius 2 is 1.85 bits per heavy atom. The number of amides is 1. The van der Waals surface area contributed by atoms with Crippen LogP contribution in [0, 0.1) is 0 Å². The largest absolute Gasteiger partial charge is 0.475 e. The molecule has 1 fully saturated rings. The van der Waals surface area contributed by atoms with Crippen LogP contribution in [0.25, 0.3) is 0 Å². The minimum atomic E-state index is -1.64. The van der Waals surface area contributed by atoms with E-state index in [1.807, 2.05) is 0 Å². The van der Waals surface area contributed by atoms with Crippen LogP contribution in [0.2, 0.25) is 0 Å². The summed E-state index contributed by atoms with van der Waals surface area (Å²) in [6, 6.07) is 2.58. The van der Waals surface area contributed by atoms with Gasteiger partial charge < -0.3 is 14.4 Å². The van der Waals surface area contributed by atoms with Crippen molar-refractivity contribution in [2.45, 2.75) is 30.8 Å². The molecule has 6 nitrogen and oxygen atoms in total. The van der Waals surface area contributed by atoms with E-state index >= 15 is 0 Å². The maximum absolute atomic E-state index is 12.1. The Bertz CT molecular complexity index is 517. The second-order valence-electron chi connectivity index (χ2n) is 4.71. The maximum Gasteiger partial charge on any atom is 0.371 e. The molecule has 1 aromatic heterocycles. The van der Waals surface area contributed by atoms with E-state index in [4.69, 9.17) is 9.52 Å². The minimum absolute atomic E-state index is 0.0329. The van der Waals surface area contributed by atoms with Gasteiger partial charge in [-0.1, -0.05) is 12.8 Å². The highest BCUT2D eigenvalue weighted by atomic mass is 32.2. The number of rotatable bonds is 4. The van der Waals surface area contributed by atoms with Crippen molar-refractivity contribution in [1.82, 2.24) is 4.90 Å². The summed E-state index contributed by atoms with van der Waals surface area (Å²) in [5.74, 6) is -1.81. The summed E-state index contributed by atoms with van der Waals surface area (Å²) in [4.78, 5) is 24.5. The number of hydrogen-bond donors (Lipinski definition) is 1. The van der Waals surface area contributed by atoms with Gasteiger partial charge in [-0.25, -0.2) is 4.79 Å². The highest BCUT2D eigenvalue weighted by molar-refractivity contribution is 7.85. The smallest absolute Gasteiger partial charge is 0.371 e. The fraction of sp³-hybridized carbons (Fsp3) is 0.538. The molecule has 1 aliphatic rings. The summed E-state index contributed by atoms with van der Waals surface area (Å²) in [5.41, 5.74) is 0. The van der Waals surface area contributed by atoms with Crippen LogP contribution < -0.4 is 0 Å². The predicted molar refractivity (Wildman–Crippen MR) is 72.0 cm³/mol. The average Bonchev–Trinajstić information content (AvgIpc) is 2.75. The Balaban J connectivity index is 1.95. The molecule has 1 amide bonds. The lowest BCUT2D eigenvalue weighted by Crippen LogP contribution is -2.35. The van der Waals surface area contributed by atoms with Gasteiger partial charge in [0.05, 0.1) is 10.8 Å². The van der Waals surface area contributed by atoms with Crippen LogP contribution in [-0.2, 0) is 15.6 Å². The van der Waals surface area contributed by atoms with Crippen molar-refractivity contribution < 1.29 is 23.3 Å². The minimum Gasteiger partial charge on any atom is -0.475 e. The molecule has 2 rings (SSSR count). The molecular weight excluding hydrogens is 282 g/mol. The van der Waals surface area contributed by atoms with Crippen molar-refractivity contribution in [3.63, 3.8) is 0 Å². The van der Waals surface area contributed by atoms with Gasteiger partial charge in [0.15, 0.2) is 5.09 Å². The first-order chi connectivity index (χ1) is 9.58. The number of nitrogens with zero attached hydrogens (tertiary/aromatic N) is 1. The number of likely N-dealkylation sites (tertiary alicyclic amines) is 1. The van der Waals surface area contributed by atoms with Crippen LogP contribution >= 0.6 is 0 Å². The molecule has 110 valence electrons. The van der Waals surface area contributed by atoms with Crippen LogP contribution in [0.5, 0.6) is 0 Å². The first-order valence-electron chi connectivity index (χ1n) is 6.57. The Labute approximate surface area is 119 Å². The van der Waals surface area contributed by atoms with Crippen molar-refractivity contribution in [2.24, 2.45) is 0 Å². The number of hydrogen-bond acceptors (Lipinski definition) is 4. The SMILES string of the molecule is O=C(O)c1ccc(S(=O)CC(=O)N2CCCCCC2)o1. The van der Waals surface area contributed by atoms with E-state index in [9.17, 15) is 13.8 Å². The van der Waals surface area contributed by atoms with Gasteiger partial charge in [-0.05, 0) is 25.0 Å². The second kappa shape index (κ2) is 6.69. The summed E-state index contributed by atoms with van der Waals surface area (Å²) in [5, 5.41) is 8.76. The van der Waals surface area contributed by atoms with Crippen LogP contribution in [0.3, 0.4) is 0 Å². The van der Waals surface area contributed by atoms with E-state index in [0.717, 1.165) is 25.7 Å². The van der Waals surface area contributed by atoms with Crippen molar-refractivity contribution in [3.8, 4) is 0 Å². The topological polar surface area (TPSA) is 87.8 Å². The summed E-state index contributed by atoms with van der Waals surface area (Å²) in [7, 11) is -1.64. The van der Waals surface area contributed by atoms with Gasteiger partial charge in [0.2, 0.25) is 11.7 Å². The van der Waals surface area contributed by atoms with Crippen LogP contribution in [0.4, 0.5) is 0 Å². The molecule has 1 aromatic rings. The lowest BCUT2D eigenvalue weighted by atomic mass is 10.2. The normalized spacial score (nSPS) is 17.5. The summed E-state index contributed by atoms with van der Waals surface area (Å²) in [6.45, 7) is 1.41. The first kappa shape index (κ1) is 14.8. The zero-order valence-corrected chi connectivity index (χ0v) is 11.9. The van der Waals surface area contributed by atoms with Crippen LogP contribution in [0.15, 0.2) is 21.6 Å². The fourth-order valence-electron chi connectivity index (χ4n) is 2.15. The standard InChI is InChI=1S/C13H17NO5S/c15-11(14-7-3-1-2-4-8-14)9-20(18)12-6-5-10(19-12)13(16)17/h5-6H,1-4,7-9H2,(H,16,17). The van der Waals surface area contributed by atoms with E-state index in [1.165, 1.54) is 12.1 Å². The summed E-state index contributed by atoms with van der Waals surface area (Å²) < 4.78 is 16.9. The number of carboxylic acids is 1. The maximum atomic E-state index is 12.1. The molecule has 2 heterocycles. The highest BCUT2D eigenvalue weighted by Gasteiger charge is 2.21. The number of carbonyl (C=O) groups excluding carboxylic acids is 1. The Hall–Kier alpha value is -1.63. The van der Waals surface area contributed by atoms with Crippen LogP contribution in [0.1, 0.15) is 36.2 Å². The molecule has 1 saturated heterocycles. The third-order valence-corrected chi connectivity index (χ3v) is 4.41. The van der Waals surface area contributed by atoms with Crippen molar-refractivity contribution in [1.29, 1.82) is 0 Å². The molecule has 1 atom stereocenters. The van der Waals surface area contributed by atoms with E-state index in [0.29, 0.717) is 13.1 Å². The van der Waals surface area contributed by atoms with E-state index < -0.39 is 16.8 Å². The number of aromatic carboxylic acids is 1. The fourth-order valence-corrected chi connectivity index (χ4v) is 3.10. The lowest BCUT2D eigenvalue weighted by Gasteiger charge is -2.19. The third-order valence-electron chi connectivity index (χ3n) is 3.23. The predicted octanol–water partition coefficient (Wildman–Crippen LogP) is 1.49. The molecule has 0 bridgehead atoms. The number of carboxylic acid groups (broad SMARTS) is 1. The van der Waals surface area contributed by atoms with Gasteiger partial charge in [0.1, 0.15) is 5.75 Å². The Kier molecular flexibility index (Phi) is 4.94. The zero-order valence-electron chi connectivity index (χ0n) is 11.0.